The van der Waals surface area contributed by atoms with Crippen LogP contribution in [0, 0.1) is 5.92 Å². The third kappa shape index (κ3) is 4.36. The number of fused-ring (bicyclic) bond motifs is 1. The molecule has 1 aliphatic rings. The van der Waals surface area contributed by atoms with Crippen molar-refractivity contribution in [3.63, 3.8) is 0 Å². The van der Waals surface area contributed by atoms with Gasteiger partial charge in [0.05, 0.1) is 0 Å². The molecule has 1 aliphatic carbocycles. The zero-order valence-corrected chi connectivity index (χ0v) is 18.0. The SMILES string of the molecule is CCCCCC1CCc2cc(O)c(C/C=[CH]/[Pb])cc2C1CC. The van der Waals surface area contributed by atoms with Gasteiger partial charge in [-0.3, -0.25) is 0 Å². The molecule has 1 N–H and O–H groups in total. The molecule has 0 aliphatic heterocycles. The fourth-order valence-corrected chi connectivity index (χ4v) is 4.42. The van der Waals surface area contributed by atoms with Crippen molar-refractivity contribution in [1.29, 1.82) is 0 Å². The Hall–Kier alpha value is -0.318. The van der Waals surface area contributed by atoms with Crippen LogP contribution in [0.3, 0.4) is 0 Å². The molecule has 2 rings (SSSR count). The van der Waals surface area contributed by atoms with Crippen LogP contribution in [0.1, 0.15) is 75.0 Å². The Morgan fingerprint density at radius 3 is 2.77 bits per heavy atom. The average molecular weight is 493 g/mol. The zero-order chi connectivity index (χ0) is 15.9. The van der Waals surface area contributed by atoms with Crippen LogP contribution in [0.2, 0.25) is 0 Å². The maximum atomic E-state index is 10.3. The van der Waals surface area contributed by atoms with Crippen molar-refractivity contribution in [1.82, 2.24) is 0 Å². The third-order valence-corrected chi connectivity index (χ3v) is 6.08. The Morgan fingerprint density at radius 1 is 1.27 bits per heavy atom. The van der Waals surface area contributed by atoms with Crippen molar-refractivity contribution in [3.8, 4) is 5.75 Å². The first kappa shape index (κ1) is 18.0. The Kier molecular flexibility index (Phi) is 7.45. The van der Waals surface area contributed by atoms with E-state index < -0.39 is 0 Å². The second kappa shape index (κ2) is 9.09. The van der Waals surface area contributed by atoms with Crippen molar-refractivity contribution in [3.05, 3.63) is 38.5 Å². The van der Waals surface area contributed by atoms with Crippen molar-refractivity contribution < 1.29 is 5.11 Å². The van der Waals surface area contributed by atoms with Gasteiger partial charge < -0.3 is 0 Å². The molecule has 0 spiro atoms. The quantitative estimate of drug-likeness (QED) is 0.407. The Bertz CT molecular complexity index is 507. The van der Waals surface area contributed by atoms with Gasteiger partial charge in [0.25, 0.3) is 0 Å². The summed E-state index contributed by atoms with van der Waals surface area (Å²) in [6.45, 7) is 4.61. The molecule has 0 saturated heterocycles. The number of unbranched alkanes of at least 4 members (excludes halogenated alkanes) is 2. The van der Waals surface area contributed by atoms with Crippen LogP contribution in [0.25, 0.3) is 0 Å². The van der Waals surface area contributed by atoms with Gasteiger partial charge in [-0.1, -0.05) is 6.92 Å². The van der Waals surface area contributed by atoms with Gasteiger partial charge in [0, 0.05) is 0 Å². The molecule has 0 fully saturated rings. The number of rotatable bonds is 7. The second-order valence-electron chi connectivity index (χ2n) is 6.60. The normalized spacial score (nSPS) is 21.2. The van der Waals surface area contributed by atoms with E-state index in [0.29, 0.717) is 11.7 Å². The molecule has 3 radical (unpaired) electrons. The summed E-state index contributed by atoms with van der Waals surface area (Å²) in [5.41, 5.74) is 4.04. The minimum absolute atomic E-state index is 0.498. The van der Waals surface area contributed by atoms with E-state index in [1.165, 1.54) is 49.7 Å². The number of aromatic hydroxyl groups is 1. The molecule has 1 nitrogen and oxygen atoms in total. The van der Waals surface area contributed by atoms with Gasteiger partial charge in [-0.2, -0.15) is 0 Å². The molecule has 2 heteroatoms. The molecule has 2 unspecified atom stereocenters. The van der Waals surface area contributed by atoms with Crippen LogP contribution in [0.4, 0.5) is 0 Å². The number of benzene rings is 1. The summed E-state index contributed by atoms with van der Waals surface area (Å²) in [6.07, 6.45) is 12.2. The van der Waals surface area contributed by atoms with Gasteiger partial charge in [-0.15, -0.1) is 0 Å². The number of hydrogen-bond acceptors (Lipinski definition) is 1. The Labute approximate surface area is 151 Å². The van der Waals surface area contributed by atoms with E-state index in [1.807, 2.05) is 0 Å². The van der Waals surface area contributed by atoms with Crippen LogP contribution in [0.15, 0.2) is 21.8 Å². The molecule has 2 atom stereocenters. The van der Waals surface area contributed by atoms with E-state index in [9.17, 15) is 5.11 Å². The van der Waals surface area contributed by atoms with Gasteiger partial charge in [0.15, 0.2) is 0 Å². The van der Waals surface area contributed by atoms with Gasteiger partial charge >= 0.3 is 145 Å². The van der Waals surface area contributed by atoms with Gasteiger partial charge in [-0.25, -0.2) is 0 Å². The number of phenolic OH excluding ortho intramolecular Hbond substituents is 1. The monoisotopic (exact) mass is 493 g/mol. The molecule has 0 heterocycles. The van der Waals surface area contributed by atoms with E-state index in [1.54, 1.807) is 0 Å². The van der Waals surface area contributed by atoms with E-state index in [0.717, 1.165) is 50.1 Å². The Balaban J connectivity index is 2.22. The molecule has 0 aromatic heterocycles. The molecule has 1 aromatic rings. The van der Waals surface area contributed by atoms with Crippen LogP contribution >= 0.6 is 0 Å². The molecular weight excluding hydrogens is 463 g/mol. The molecule has 22 heavy (non-hydrogen) atoms. The minimum atomic E-state index is 0.498. The van der Waals surface area contributed by atoms with Gasteiger partial charge in [0.2, 0.25) is 0 Å². The van der Waals surface area contributed by atoms with Crippen molar-refractivity contribution >= 4 is 25.8 Å². The Morgan fingerprint density at radius 2 is 2.09 bits per heavy atom. The van der Waals surface area contributed by atoms with Gasteiger partial charge in [-0.05, 0) is 0 Å². The zero-order valence-electron chi connectivity index (χ0n) is 14.1. The predicted molar refractivity (Wildman–Crippen MR) is 95.7 cm³/mol. The number of aryl methyl sites for hydroxylation is 1. The molecular formula is C20H29OPb. The van der Waals surface area contributed by atoms with E-state index >= 15 is 0 Å². The summed E-state index contributed by atoms with van der Waals surface area (Å²) < 4.78 is 2.20. The summed E-state index contributed by atoms with van der Waals surface area (Å²) in [6, 6.07) is 4.36. The van der Waals surface area contributed by atoms with Crippen molar-refractivity contribution in [2.75, 3.05) is 0 Å². The van der Waals surface area contributed by atoms with Crippen LogP contribution in [-0.2, 0) is 12.8 Å². The van der Waals surface area contributed by atoms with Crippen molar-refractivity contribution in [2.45, 2.75) is 71.1 Å². The third-order valence-electron chi connectivity index (χ3n) is 5.17. The first-order valence-electron chi connectivity index (χ1n) is 8.88. The standard InChI is InChI=1S/C20H29O.Pb/c1-4-7-8-10-15-11-12-16-14-20(21)17(9-5-2)13-19(16)18(15)6-3;/h2,5,13-15,18,21H,4,6-12H2,1,3H3;. The van der Waals surface area contributed by atoms with Crippen LogP contribution in [0.5, 0.6) is 5.75 Å². The summed E-state index contributed by atoms with van der Waals surface area (Å²) in [5.74, 6) is 2.04. The molecule has 0 bridgehead atoms. The van der Waals surface area contributed by atoms with E-state index in [4.69, 9.17) is 0 Å². The van der Waals surface area contributed by atoms with E-state index in [2.05, 4.69) is 35.7 Å². The number of allylic oxidation sites excluding steroid dienone is 1. The number of phenols is 1. The van der Waals surface area contributed by atoms with Gasteiger partial charge in [0.1, 0.15) is 0 Å². The molecule has 0 amide bonds. The number of hydrogen-bond donors (Lipinski definition) is 1. The molecule has 119 valence electrons. The average Bonchev–Trinajstić information content (AvgIpc) is 2.53. The van der Waals surface area contributed by atoms with Crippen LogP contribution < -0.4 is 0 Å². The second-order valence-corrected chi connectivity index (χ2v) is 7.89. The first-order chi connectivity index (χ1) is 10.7. The summed E-state index contributed by atoms with van der Waals surface area (Å²) >= 11 is 1.09. The molecule has 1 aromatic carbocycles. The summed E-state index contributed by atoms with van der Waals surface area (Å²) in [7, 11) is 0. The first-order valence-corrected chi connectivity index (χ1v) is 11.1. The summed E-state index contributed by atoms with van der Waals surface area (Å²) in [5, 5.41) is 10.3. The van der Waals surface area contributed by atoms with E-state index in [-0.39, 0.29) is 0 Å². The molecule has 0 saturated carbocycles. The maximum absolute atomic E-state index is 10.3. The topological polar surface area (TPSA) is 20.2 Å². The van der Waals surface area contributed by atoms with Crippen LogP contribution in [-0.4, -0.2) is 30.9 Å². The predicted octanol–water partition coefficient (Wildman–Crippen LogP) is 5.25. The summed E-state index contributed by atoms with van der Waals surface area (Å²) in [4.78, 5) is 0. The fraction of sp³-hybridized carbons (Fsp3) is 0.600. The van der Waals surface area contributed by atoms with Crippen molar-refractivity contribution in [2.24, 2.45) is 5.92 Å². The fourth-order valence-electron chi connectivity index (χ4n) is 3.96.